The largest absolute Gasteiger partial charge is 0.326 e. The fourth-order valence-electron chi connectivity index (χ4n) is 4.39. The zero-order chi connectivity index (χ0) is 26.0. The molecule has 1 aliphatic heterocycles. The van der Waals surface area contributed by atoms with E-state index in [-0.39, 0.29) is 29.8 Å². The monoisotopic (exact) mass is 531 g/mol. The molecule has 4 aromatic rings. The highest BCUT2D eigenvalue weighted by Gasteiger charge is 2.32. The summed E-state index contributed by atoms with van der Waals surface area (Å²) in [7, 11) is -3.71. The van der Waals surface area contributed by atoms with Crippen LogP contribution in [0.5, 0.6) is 0 Å². The van der Waals surface area contributed by atoms with E-state index in [0.29, 0.717) is 23.5 Å². The van der Waals surface area contributed by atoms with E-state index in [2.05, 4.69) is 35.4 Å². The first-order valence-corrected chi connectivity index (χ1v) is 14.0. The van der Waals surface area contributed by atoms with Crippen molar-refractivity contribution in [3.8, 4) is 0 Å². The molecule has 9 heteroatoms. The van der Waals surface area contributed by atoms with Crippen molar-refractivity contribution < 1.29 is 18.0 Å². The number of hydrogen-bond acceptors (Lipinski definition) is 5. The molecule has 0 fully saturated rings. The second kappa shape index (κ2) is 10.3. The van der Waals surface area contributed by atoms with Gasteiger partial charge in [0.15, 0.2) is 0 Å². The number of hydrogen-bond donors (Lipinski definition) is 2. The number of sulfonamides is 1. The lowest BCUT2D eigenvalue weighted by Crippen LogP contribution is -2.25. The normalized spacial score (nSPS) is 13.3. The molecule has 188 valence electrons. The number of amides is 2. The Morgan fingerprint density at radius 3 is 2.49 bits per heavy atom. The summed E-state index contributed by atoms with van der Waals surface area (Å²) in [5, 5.41) is 8.53. The number of thiophene rings is 1. The fraction of sp³-hybridized carbons (Fsp3) is 0.143. The predicted molar refractivity (Wildman–Crippen MR) is 147 cm³/mol. The summed E-state index contributed by atoms with van der Waals surface area (Å²) in [5.74, 6) is -0.433. The Morgan fingerprint density at radius 1 is 0.973 bits per heavy atom. The van der Waals surface area contributed by atoms with Crippen LogP contribution in [0, 0.1) is 0 Å². The minimum absolute atomic E-state index is 0.133. The van der Waals surface area contributed by atoms with Crippen LogP contribution >= 0.6 is 11.3 Å². The molecule has 0 atom stereocenters. The number of aryl methyl sites for hydroxylation is 1. The topological polar surface area (TPSA) is 95.6 Å². The third-order valence-electron chi connectivity index (χ3n) is 6.27. The lowest BCUT2D eigenvalue weighted by Gasteiger charge is -2.16. The molecule has 2 N–H and O–H groups in total. The smallest absolute Gasteiger partial charge is 0.248 e. The Hall–Kier alpha value is -3.79. The number of anilines is 2. The zero-order valence-corrected chi connectivity index (χ0v) is 21.6. The molecule has 0 spiro atoms. The van der Waals surface area contributed by atoms with E-state index >= 15 is 0 Å². The Labute approximate surface area is 219 Å². The predicted octanol–water partition coefficient (Wildman–Crippen LogP) is 5.30. The van der Waals surface area contributed by atoms with Crippen LogP contribution in [0.1, 0.15) is 22.4 Å². The van der Waals surface area contributed by atoms with Crippen molar-refractivity contribution in [3.05, 3.63) is 101 Å². The Bertz CT molecular complexity index is 1580. The number of rotatable bonds is 8. The van der Waals surface area contributed by atoms with Crippen molar-refractivity contribution in [2.75, 3.05) is 10.6 Å². The molecule has 0 radical (unpaired) electrons. The van der Waals surface area contributed by atoms with Gasteiger partial charge in [0.05, 0.1) is 9.90 Å². The molecule has 5 rings (SSSR count). The van der Waals surface area contributed by atoms with Crippen molar-refractivity contribution in [2.24, 2.45) is 0 Å². The first kappa shape index (κ1) is 24.9. The maximum Gasteiger partial charge on any atom is 0.248 e. The molecule has 3 aromatic carbocycles. The van der Waals surface area contributed by atoms with Crippen LogP contribution in [0.4, 0.5) is 10.7 Å². The third-order valence-corrected chi connectivity index (χ3v) is 9.16. The molecule has 0 saturated carbocycles. The minimum atomic E-state index is -3.71. The molecule has 7 nitrogen and oxygen atoms in total. The van der Waals surface area contributed by atoms with Crippen LogP contribution in [-0.2, 0) is 39.1 Å². The Balaban J connectivity index is 1.19. The molecule has 0 unspecified atom stereocenters. The average Bonchev–Trinajstić information content (AvgIpc) is 3.47. The van der Waals surface area contributed by atoms with Crippen molar-refractivity contribution in [3.63, 3.8) is 0 Å². The molecule has 2 amide bonds. The van der Waals surface area contributed by atoms with E-state index in [4.69, 9.17) is 0 Å². The van der Waals surface area contributed by atoms with Gasteiger partial charge in [-0.25, -0.2) is 8.42 Å². The van der Waals surface area contributed by atoms with Gasteiger partial charge in [-0.1, -0.05) is 49.0 Å². The number of carbonyl (C=O) groups is 2. The van der Waals surface area contributed by atoms with E-state index in [1.165, 1.54) is 33.9 Å². The summed E-state index contributed by atoms with van der Waals surface area (Å²) >= 11 is 1.36. The van der Waals surface area contributed by atoms with Crippen LogP contribution in [0.2, 0.25) is 0 Å². The van der Waals surface area contributed by atoms with Gasteiger partial charge < -0.3 is 10.6 Å². The SMILES string of the molecule is C=CC(=O)Nc1cc2c(s1)CN(S(=O)(=O)c1ccc(NC(=O)CCc3cccc4ccccc34)cc1)C2. The van der Waals surface area contributed by atoms with Gasteiger partial charge in [-0.3, -0.25) is 9.59 Å². The quantitative estimate of drug-likeness (QED) is 0.302. The first-order chi connectivity index (χ1) is 17.8. The highest BCUT2D eigenvalue weighted by molar-refractivity contribution is 7.89. The van der Waals surface area contributed by atoms with E-state index in [0.717, 1.165) is 26.8 Å². The molecular formula is C28H25N3O4S2. The van der Waals surface area contributed by atoms with Crippen molar-refractivity contribution in [2.45, 2.75) is 30.8 Å². The first-order valence-electron chi connectivity index (χ1n) is 11.8. The van der Waals surface area contributed by atoms with Gasteiger partial charge >= 0.3 is 0 Å². The number of carbonyl (C=O) groups excluding carboxylic acids is 2. The van der Waals surface area contributed by atoms with Gasteiger partial charge in [0.2, 0.25) is 21.8 Å². The van der Waals surface area contributed by atoms with E-state index in [9.17, 15) is 18.0 Å². The summed E-state index contributed by atoms with van der Waals surface area (Å²) in [5.41, 5.74) is 2.54. The van der Waals surface area contributed by atoms with Crippen molar-refractivity contribution in [1.29, 1.82) is 0 Å². The Kier molecular flexibility index (Phi) is 6.92. The molecular weight excluding hydrogens is 506 g/mol. The summed E-state index contributed by atoms with van der Waals surface area (Å²) in [6.45, 7) is 3.92. The molecule has 1 aliphatic rings. The maximum absolute atomic E-state index is 13.2. The van der Waals surface area contributed by atoms with Crippen molar-refractivity contribution in [1.82, 2.24) is 4.31 Å². The van der Waals surface area contributed by atoms with Gasteiger partial charge in [0.25, 0.3) is 0 Å². The molecule has 1 aromatic heterocycles. The van der Waals surface area contributed by atoms with Gasteiger partial charge in [-0.15, -0.1) is 11.3 Å². The van der Waals surface area contributed by atoms with Gasteiger partial charge in [-0.2, -0.15) is 4.31 Å². The van der Waals surface area contributed by atoms with E-state index in [1.54, 1.807) is 18.2 Å². The molecule has 2 heterocycles. The van der Waals surface area contributed by atoms with Crippen LogP contribution in [0.3, 0.4) is 0 Å². The second-order valence-electron chi connectivity index (χ2n) is 8.74. The number of benzene rings is 3. The fourth-order valence-corrected chi connectivity index (χ4v) is 6.95. The van der Waals surface area contributed by atoms with Gasteiger partial charge in [0.1, 0.15) is 0 Å². The minimum Gasteiger partial charge on any atom is -0.326 e. The number of nitrogens with one attached hydrogen (secondary N) is 2. The van der Waals surface area contributed by atoms with Crippen LogP contribution in [-0.4, -0.2) is 24.5 Å². The highest BCUT2D eigenvalue weighted by Crippen LogP contribution is 2.37. The van der Waals surface area contributed by atoms with Crippen LogP contribution in [0.15, 0.2) is 90.3 Å². The summed E-state index contributed by atoms with van der Waals surface area (Å²) in [4.78, 5) is 25.1. The molecule has 0 aliphatic carbocycles. The summed E-state index contributed by atoms with van der Waals surface area (Å²) < 4.78 is 27.7. The molecule has 0 saturated heterocycles. The zero-order valence-electron chi connectivity index (χ0n) is 19.9. The summed E-state index contributed by atoms with van der Waals surface area (Å²) in [6.07, 6.45) is 2.12. The summed E-state index contributed by atoms with van der Waals surface area (Å²) in [6, 6.07) is 22.2. The lowest BCUT2D eigenvalue weighted by atomic mass is 10.0. The second-order valence-corrected chi connectivity index (χ2v) is 11.8. The highest BCUT2D eigenvalue weighted by atomic mass is 32.2. The molecule has 0 bridgehead atoms. The number of nitrogens with zero attached hydrogens (tertiary/aromatic N) is 1. The average molecular weight is 532 g/mol. The Morgan fingerprint density at radius 2 is 1.73 bits per heavy atom. The maximum atomic E-state index is 13.2. The van der Waals surface area contributed by atoms with Crippen molar-refractivity contribution >= 4 is 54.6 Å². The van der Waals surface area contributed by atoms with Gasteiger partial charge in [-0.05, 0) is 64.7 Å². The van der Waals surface area contributed by atoms with Gasteiger partial charge in [0, 0.05) is 30.1 Å². The van der Waals surface area contributed by atoms with Crippen LogP contribution in [0.25, 0.3) is 10.8 Å². The van der Waals surface area contributed by atoms with Crippen LogP contribution < -0.4 is 10.6 Å². The van der Waals surface area contributed by atoms with E-state index < -0.39 is 10.0 Å². The lowest BCUT2D eigenvalue weighted by molar-refractivity contribution is -0.116. The standard InChI is InChI=1S/C28H25N3O4S2/c1-2-26(32)30-28-16-21-17-31(18-25(21)36-28)37(34,35)23-13-11-22(12-14-23)29-27(33)15-10-20-8-5-7-19-6-3-4-9-24(19)20/h2-9,11-14,16H,1,10,15,17-18H2,(H,29,33)(H,30,32). The number of fused-ring (bicyclic) bond motifs is 2. The molecule has 37 heavy (non-hydrogen) atoms. The van der Waals surface area contributed by atoms with E-state index in [1.807, 2.05) is 24.3 Å². The third kappa shape index (κ3) is 5.34.